The van der Waals surface area contributed by atoms with Crippen LogP contribution in [0, 0.1) is 0 Å². The van der Waals surface area contributed by atoms with Crippen LogP contribution in [-0.2, 0) is 0 Å². The van der Waals surface area contributed by atoms with Gasteiger partial charge in [0.1, 0.15) is 0 Å². The van der Waals surface area contributed by atoms with Gasteiger partial charge < -0.3 is 0 Å². The van der Waals surface area contributed by atoms with Gasteiger partial charge in [-0.2, -0.15) is 0 Å². The fourth-order valence-electron chi connectivity index (χ4n) is 1.67. The normalized spacial score (nSPS) is 10.6. The third-order valence-electron chi connectivity index (χ3n) is 2.63. The number of carbonyl (C=O) groups is 1. The van der Waals surface area contributed by atoms with E-state index < -0.39 is 0 Å². The first-order valence-electron chi connectivity index (χ1n) is 6.02. The Labute approximate surface area is 107 Å². The molecule has 0 unspecified atom stereocenters. The minimum atomic E-state index is 0.204. The highest BCUT2D eigenvalue weighted by molar-refractivity contribution is 7.12. The van der Waals surface area contributed by atoms with Crippen LogP contribution in [0.3, 0.4) is 0 Å². The Morgan fingerprint density at radius 1 is 1.25 bits per heavy atom. The number of halogens is 1. The first-order chi connectivity index (χ1) is 7.75. The minimum absolute atomic E-state index is 0.204. The van der Waals surface area contributed by atoms with E-state index in [1.807, 2.05) is 5.38 Å². The van der Waals surface area contributed by atoms with E-state index in [2.05, 4.69) is 6.92 Å². The lowest BCUT2D eigenvalue weighted by Crippen LogP contribution is -1.96. The summed E-state index contributed by atoms with van der Waals surface area (Å²) in [6, 6.07) is 1.79. The van der Waals surface area contributed by atoms with Gasteiger partial charge in [0, 0.05) is 6.42 Å². The lowest BCUT2D eigenvalue weighted by Gasteiger charge is -2.00. The van der Waals surface area contributed by atoms with Crippen molar-refractivity contribution in [1.29, 1.82) is 0 Å². The predicted molar refractivity (Wildman–Crippen MR) is 71.7 cm³/mol. The average molecular weight is 259 g/mol. The first-order valence-corrected chi connectivity index (χ1v) is 7.27. The third-order valence-corrected chi connectivity index (χ3v) is 4.01. The molecule has 0 radical (unpaired) electrons. The van der Waals surface area contributed by atoms with Crippen molar-refractivity contribution in [2.45, 2.75) is 51.9 Å². The zero-order chi connectivity index (χ0) is 11.8. The van der Waals surface area contributed by atoms with E-state index in [-0.39, 0.29) is 5.78 Å². The predicted octanol–water partition coefficient (Wildman–Crippen LogP) is 5.33. The monoisotopic (exact) mass is 258 g/mol. The lowest BCUT2D eigenvalue weighted by molar-refractivity contribution is 0.0983. The van der Waals surface area contributed by atoms with E-state index in [0.29, 0.717) is 11.4 Å². The SMILES string of the molecule is CCCCCCCCC(=O)c1sccc1Cl. The molecule has 1 heterocycles. The standard InChI is InChI=1S/C13H19ClOS/c1-2-3-4-5-6-7-8-12(15)13-11(14)9-10-16-13/h9-10H,2-8H2,1H3. The summed E-state index contributed by atoms with van der Waals surface area (Å²) in [5, 5.41) is 2.48. The molecule has 90 valence electrons. The van der Waals surface area contributed by atoms with Gasteiger partial charge in [-0.15, -0.1) is 11.3 Å². The Balaban J connectivity index is 2.14. The molecule has 0 spiro atoms. The zero-order valence-electron chi connectivity index (χ0n) is 9.80. The lowest BCUT2D eigenvalue weighted by atomic mass is 10.1. The maximum absolute atomic E-state index is 11.7. The van der Waals surface area contributed by atoms with Crippen LogP contribution in [0.4, 0.5) is 0 Å². The van der Waals surface area contributed by atoms with Crippen LogP contribution in [0.15, 0.2) is 11.4 Å². The topological polar surface area (TPSA) is 17.1 Å². The van der Waals surface area contributed by atoms with Gasteiger partial charge in [0.2, 0.25) is 0 Å². The van der Waals surface area contributed by atoms with Gasteiger partial charge in [0.15, 0.2) is 5.78 Å². The highest BCUT2D eigenvalue weighted by atomic mass is 35.5. The second kappa shape index (κ2) is 7.86. The Morgan fingerprint density at radius 3 is 2.56 bits per heavy atom. The van der Waals surface area contributed by atoms with E-state index in [0.717, 1.165) is 17.7 Å². The Bertz CT molecular complexity index is 319. The van der Waals surface area contributed by atoms with Gasteiger partial charge in [-0.25, -0.2) is 0 Å². The summed E-state index contributed by atoms with van der Waals surface area (Å²) in [7, 11) is 0. The quantitative estimate of drug-likeness (QED) is 0.455. The van der Waals surface area contributed by atoms with Gasteiger partial charge in [-0.1, -0.05) is 50.6 Å². The van der Waals surface area contributed by atoms with Crippen molar-refractivity contribution in [1.82, 2.24) is 0 Å². The van der Waals surface area contributed by atoms with Gasteiger partial charge in [-0.05, 0) is 17.9 Å². The van der Waals surface area contributed by atoms with Gasteiger partial charge >= 0.3 is 0 Å². The molecule has 0 saturated carbocycles. The van der Waals surface area contributed by atoms with Crippen molar-refractivity contribution in [2.75, 3.05) is 0 Å². The van der Waals surface area contributed by atoms with E-state index in [9.17, 15) is 4.79 Å². The second-order valence-electron chi connectivity index (χ2n) is 4.04. The minimum Gasteiger partial charge on any atom is -0.293 e. The second-order valence-corrected chi connectivity index (χ2v) is 5.36. The van der Waals surface area contributed by atoms with E-state index in [1.165, 1.54) is 37.0 Å². The van der Waals surface area contributed by atoms with Crippen molar-refractivity contribution >= 4 is 28.7 Å². The van der Waals surface area contributed by atoms with Crippen LogP contribution in [0.5, 0.6) is 0 Å². The van der Waals surface area contributed by atoms with E-state index in [4.69, 9.17) is 11.6 Å². The van der Waals surface area contributed by atoms with Crippen molar-refractivity contribution in [3.63, 3.8) is 0 Å². The number of hydrogen-bond acceptors (Lipinski definition) is 2. The first kappa shape index (κ1) is 13.7. The van der Waals surface area contributed by atoms with Gasteiger partial charge in [0.25, 0.3) is 0 Å². The molecular weight excluding hydrogens is 240 g/mol. The summed E-state index contributed by atoms with van der Waals surface area (Å²) >= 11 is 7.35. The van der Waals surface area contributed by atoms with Crippen LogP contribution in [0.2, 0.25) is 5.02 Å². The van der Waals surface area contributed by atoms with E-state index in [1.54, 1.807) is 6.07 Å². The van der Waals surface area contributed by atoms with E-state index >= 15 is 0 Å². The number of ketones is 1. The zero-order valence-corrected chi connectivity index (χ0v) is 11.4. The molecule has 1 rings (SSSR count). The molecule has 0 amide bonds. The van der Waals surface area contributed by atoms with Gasteiger partial charge in [-0.3, -0.25) is 4.79 Å². The summed E-state index contributed by atoms with van der Waals surface area (Å²) in [6.45, 7) is 2.21. The maximum atomic E-state index is 11.7. The number of unbranched alkanes of at least 4 members (excludes halogenated alkanes) is 5. The highest BCUT2D eigenvalue weighted by Crippen LogP contribution is 2.24. The van der Waals surface area contributed by atoms with Crippen molar-refractivity contribution in [3.8, 4) is 0 Å². The fourth-order valence-corrected chi connectivity index (χ4v) is 2.80. The van der Waals surface area contributed by atoms with Crippen LogP contribution in [0.1, 0.15) is 61.5 Å². The smallest absolute Gasteiger partial charge is 0.174 e. The fraction of sp³-hybridized carbons (Fsp3) is 0.615. The van der Waals surface area contributed by atoms with Crippen LogP contribution in [-0.4, -0.2) is 5.78 Å². The number of thiophene rings is 1. The summed E-state index contributed by atoms with van der Waals surface area (Å²) in [4.78, 5) is 12.5. The summed E-state index contributed by atoms with van der Waals surface area (Å²) < 4.78 is 0. The Kier molecular flexibility index (Phi) is 6.74. The molecule has 1 aromatic heterocycles. The summed E-state index contributed by atoms with van der Waals surface area (Å²) in [5.41, 5.74) is 0. The molecule has 1 nitrogen and oxygen atoms in total. The molecule has 0 fully saturated rings. The summed E-state index contributed by atoms with van der Waals surface area (Å²) in [6.07, 6.45) is 7.93. The van der Waals surface area contributed by atoms with Crippen molar-refractivity contribution < 1.29 is 4.79 Å². The largest absolute Gasteiger partial charge is 0.293 e. The number of rotatable bonds is 8. The molecular formula is C13H19ClOS. The number of Topliss-reactive ketones (excluding diaryl/α,β-unsaturated/α-hetero) is 1. The molecule has 0 bridgehead atoms. The average Bonchev–Trinajstić information content (AvgIpc) is 2.69. The summed E-state index contributed by atoms with van der Waals surface area (Å²) in [5.74, 6) is 0.204. The molecule has 0 aliphatic heterocycles. The van der Waals surface area contributed by atoms with Crippen molar-refractivity contribution in [3.05, 3.63) is 21.3 Å². The number of carbonyl (C=O) groups excluding carboxylic acids is 1. The van der Waals surface area contributed by atoms with Crippen molar-refractivity contribution in [2.24, 2.45) is 0 Å². The molecule has 0 atom stereocenters. The third kappa shape index (κ3) is 4.67. The molecule has 0 aliphatic carbocycles. The van der Waals surface area contributed by atoms with Crippen LogP contribution in [0.25, 0.3) is 0 Å². The maximum Gasteiger partial charge on any atom is 0.174 e. The molecule has 3 heteroatoms. The van der Waals surface area contributed by atoms with Crippen LogP contribution >= 0.6 is 22.9 Å². The molecule has 1 aromatic rings. The molecule has 0 aromatic carbocycles. The Morgan fingerprint density at radius 2 is 1.94 bits per heavy atom. The molecule has 0 aliphatic rings. The molecule has 0 saturated heterocycles. The van der Waals surface area contributed by atoms with Gasteiger partial charge in [0.05, 0.1) is 9.90 Å². The molecule has 16 heavy (non-hydrogen) atoms. The Hall–Kier alpha value is -0.340. The number of hydrogen-bond donors (Lipinski definition) is 0. The highest BCUT2D eigenvalue weighted by Gasteiger charge is 2.10. The van der Waals surface area contributed by atoms with Crippen LogP contribution < -0.4 is 0 Å². The molecule has 0 N–H and O–H groups in total.